The van der Waals surface area contributed by atoms with Crippen LogP contribution in [0.15, 0.2) is 24.3 Å². The van der Waals surface area contributed by atoms with Crippen LogP contribution in [0, 0.1) is 0 Å². The summed E-state index contributed by atoms with van der Waals surface area (Å²) in [7, 11) is 1.80. The van der Waals surface area contributed by atoms with Crippen LogP contribution in [0.5, 0.6) is 0 Å². The summed E-state index contributed by atoms with van der Waals surface area (Å²) in [5, 5.41) is 3.33. The minimum atomic E-state index is 0.0895. The Morgan fingerprint density at radius 1 is 1.33 bits per heavy atom. The number of benzene rings is 1. The van der Waals surface area contributed by atoms with Crippen molar-refractivity contribution in [1.29, 1.82) is 0 Å². The molecule has 1 fully saturated rings. The molecule has 1 aliphatic carbocycles. The fraction of sp³-hybridized carbons (Fsp3) is 0.500. The Morgan fingerprint density at radius 2 is 1.94 bits per heavy atom. The van der Waals surface area contributed by atoms with Crippen molar-refractivity contribution >= 4 is 17.3 Å². The number of hydrogen-bond acceptors (Lipinski definition) is 3. The first-order valence-electron chi connectivity index (χ1n) is 6.52. The van der Waals surface area contributed by atoms with E-state index in [0.717, 1.165) is 5.69 Å². The topological polar surface area (TPSA) is 58.4 Å². The van der Waals surface area contributed by atoms with Crippen LogP contribution in [0.3, 0.4) is 0 Å². The molecule has 0 heterocycles. The molecule has 0 aromatic heterocycles. The molecule has 0 atom stereocenters. The van der Waals surface area contributed by atoms with Gasteiger partial charge in [-0.05, 0) is 37.1 Å². The third kappa shape index (κ3) is 3.23. The molecule has 0 radical (unpaired) electrons. The number of carbonyl (C=O) groups is 1. The van der Waals surface area contributed by atoms with Gasteiger partial charge in [-0.2, -0.15) is 0 Å². The van der Waals surface area contributed by atoms with Crippen LogP contribution < -0.4 is 16.0 Å². The summed E-state index contributed by atoms with van der Waals surface area (Å²) in [6.45, 7) is 0.408. The zero-order valence-corrected chi connectivity index (χ0v) is 10.9. The lowest BCUT2D eigenvalue weighted by atomic mass is 10.2. The summed E-state index contributed by atoms with van der Waals surface area (Å²) in [5.74, 6) is 0.0895. The number of rotatable bonds is 4. The average Bonchev–Trinajstić information content (AvgIpc) is 2.89. The smallest absolute Gasteiger partial charge is 0.240 e. The monoisotopic (exact) mass is 247 g/mol. The molecular weight excluding hydrogens is 226 g/mol. The van der Waals surface area contributed by atoms with E-state index in [2.05, 4.69) is 5.32 Å². The molecule has 4 nitrogen and oxygen atoms in total. The van der Waals surface area contributed by atoms with Crippen molar-refractivity contribution in [3.63, 3.8) is 0 Å². The summed E-state index contributed by atoms with van der Waals surface area (Å²) in [6, 6.07) is 7.87. The van der Waals surface area contributed by atoms with Gasteiger partial charge in [-0.15, -0.1) is 0 Å². The van der Waals surface area contributed by atoms with Crippen molar-refractivity contribution in [2.45, 2.75) is 31.7 Å². The third-order valence-electron chi connectivity index (χ3n) is 3.55. The van der Waals surface area contributed by atoms with Crippen LogP contribution in [0.4, 0.5) is 11.4 Å². The zero-order valence-electron chi connectivity index (χ0n) is 10.9. The maximum absolute atomic E-state index is 12.0. The van der Waals surface area contributed by atoms with Gasteiger partial charge < -0.3 is 16.0 Å². The lowest BCUT2D eigenvalue weighted by Crippen LogP contribution is -2.39. The van der Waals surface area contributed by atoms with E-state index in [1.165, 1.54) is 25.7 Å². The quantitative estimate of drug-likeness (QED) is 0.797. The van der Waals surface area contributed by atoms with E-state index < -0.39 is 0 Å². The molecule has 0 aliphatic heterocycles. The lowest BCUT2D eigenvalue weighted by molar-refractivity contribution is -0.117. The Kier molecular flexibility index (Phi) is 4.20. The second kappa shape index (κ2) is 5.87. The Bertz CT molecular complexity index is 396. The first-order valence-corrected chi connectivity index (χ1v) is 6.52. The highest BCUT2D eigenvalue weighted by Crippen LogP contribution is 2.18. The highest BCUT2D eigenvalue weighted by atomic mass is 16.2. The van der Waals surface area contributed by atoms with E-state index in [1.807, 2.05) is 24.3 Å². The summed E-state index contributed by atoms with van der Waals surface area (Å²) in [6.07, 6.45) is 4.94. The van der Waals surface area contributed by atoms with Gasteiger partial charge in [-0.1, -0.05) is 12.8 Å². The molecule has 4 heteroatoms. The average molecular weight is 247 g/mol. The first kappa shape index (κ1) is 12.9. The molecule has 0 saturated heterocycles. The second-order valence-electron chi connectivity index (χ2n) is 4.91. The molecule has 18 heavy (non-hydrogen) atoms. The SMILES string of the molecule is CN(C(=O)CNC1CCCC1)c1ccc(N)cc1. The van der Waals surface area contributed by atoms with Crippen LogP contribution in [0.2, 0.25) is 0 Å². The van der Waals surface area contributed by atoms with Gasteiger partial charge in [-0.25, -0.2) is 0 Å². The number of nitrogen functional groups attached to an aromatic ring is 1. The van der Waals surface area contributed by atoms with E-state index in [-0.39, 0.29) is 5.91 Å². The fourth-order valence-electron chi connectivity index (χ4n) is 2.32. The first-order chi connectivity index (χ1) is 8.66. The van der Waals surface area contributed by atoms with Gasteiger partial charge in [0.05, 0.1) is 6.54 Å². The highest BCUT2D eigenvalue weighted by Gasteiger charge is 2.17. The van der Waals surface area contributed by atoms with E-state index >= 15 is 0 Å². The highest BCUT2D eigenvalue weighted by molar-refractivity contribution is 5.94. The molecule has 0 spiro atoms. The van der Waals surface area contributed by atoms with Crippen molar-refractivity contribution in [3.8, 4) is 0 Å². The second-order valence-corrected chi connectivity index (χ2v) is 4.91. The predicted molar refractivity (Wildman–Crippen MR) is 74.5 cm³/mol. The summed E-state index contributed by atoms with van der Waals surface area (Å²) >= 11 is 0. The van der Waals surface area contributed by atoms with E-state index in [9.17, 15) is 4.79 Å². The number of nitrogens with zero attached hydrogens (tertiary/aromatic N) is 1. The molecule has 1 aromatic carbocycles. The molecule has 1 aliphatic rings. The van der Waals surface area contributed by atoms with Gasteiger partial charge in [0.15, 0.2) is 0 Å². The summed E-state index contributed by atoms with van der Waals surface area (Å²) < 4.78 is 0. The minimum Gasteiger partial charge on any atom is -0.399 e. The summed E-state index contributed by atoms with van der Waals surface area (Å²) in [5.41, 5.74) is 7.22. The van der Waals surface area contributed by atoms with Gasteiger partial charge in [0.25, 0.3) is 0 Å². The van der Waals surface area contributed by atoms with Gasteiger partial charge in [0.2, 0.25) is 5.91 Å². The predicted octanol–water partition coefficient (Wildman–Crippen LogP) is 1.76. The van der Waals surface area contributed by atoms with Gasteiger partial charge >= 0.3 is 0 Å². The van der Waals surface area contributed by atoms with Crippen molar-refractivity contribution < 1.29 is 4.79 Å². The number of anilines is 2. The standard InChI is InChI=1S/C14H21N3O/c1-17(13-8-6-11(15)7-9-13)14(18)10-16-12-4-2-3-5-12/h6-9,12,16H,2-5,10,15H2,1H3. The largest absolute Gasteiger partial charge is 0.399 e. The molecule has 1 amide bonds. The number of nitrogens with two attached hydrogens (primary N) is 1. The number of amides is 1. The Hall–Kier alpha value is -1.55. The third-order valence-corrected chi connectivity index (χ3v) is 3.55. The summed E-state index contributed by atoms with van der Waals surface area (Å²) in [4.78, 5) is 13.7. The molecule has 1 saturated carbocycles. The van der Waals surface area contributed by atoms with Crippen LogP contribution in [0.25, 0.3) is 0 Å². The van der Waals surface area contributed by atoms with Gasteiger partial charge in [0.1, 0.15) is 0 Å². The Morgan fingerprint density at radius 3 is 2.56 bits per heavy atom. The molecule has 2 rings (SSSR count). The Balaban J connectivity index is 1.85. The van der Waals surface area contributed by atoms with Crippen molar-refractivity contribution in [3.05, 3.63) is 24.3 Å². The van der Waals surface area contributed by atoms with Gasteiger partial charge in [0, 0.05) is 24.5 Å². The van der Waals surface area contributed by atoms with E-state index in [4.69, 9.17) is 5.73 Å². The Labute approximate surface area is 108 Å². The van der Waals surface area contributed by atoms with Crippen LogP contribution in [-0.4, -0.2) is 25.5 Å². The van der Waals surface area contributed by atoms with Crippen molar-refractivity contribution in [2.24, 2.45) is 0 Å². The number of carbonyl (C=O) groups excluding carboxylic acids is 1. The molecule has 98 valence electrons. The zero-order chi connectivity index (χ0) is 13.0. The lowest BCUT2D eigenvalue weighted by Gasteiger charge is -2.19. The molecule has 0 bridgehead atoms. The van der Waals surface area contributed by atoms with Crippen LogP contribution >= 0.6 is 0 Å². The van der Waals surface area contributed by atoms with E-state index in [1.54, 1.807) is 11.9 Å². The normalized spacial score (nSPS) is 15.8. The minimum absolute atomic E-state index is 0.0895. The van der Waals surface area contributed by atoms with Crippen LogP contribution in [0.1, 0.15) is 25.7 Å². The van der Waals surface area contributed by atoms with Crippen molar-refractivity contribution in [1.82, 2.24) is 5.32 Å². The number of hydrogen-bond donors (Lipinski definition) is 2. The molecule has 3 N–H and O–H groups in total. The molecular formula is C14H21N3O. The molecule has 0 unspecified atom stereocenters. The number of likely N-dealkylation sites (N-methyl/N-ethyl adjacent to an activating group) is 1. The van der Waals surface area contributed by atoms with Gasteiger partial charge in [-0.3, -0.25) is 4.79 Å². The maximum Gasteiger partial charge on any atom is 0.240 e. The van der Waals surface area contributed by atoms with Crippen molar-refractivity contribution in [2.75, 3.05) is 24.2 Å². The molecule has 1 aromatic rings. The fourth-order valence-corrected chi connectivity index (χ4v) is 2.32. The number of nitrogens with one attached hydrogen (secondary N) is 1. The van der Waals surface area contributed by atoms with Crippen LogP contribution in [-0.2, 0) is 4.79 Å². The van der Waals surface area contributed by atoms with E-state index in [0.29, 0.717) is 18.3 Å². The maximum atomic E-state index is 12.0.